The van der Waals surface area contributed by atoms with Crippen LogP contribution in [-0.4, -0.2) is 49.7 Å². The van der Waals surface area contributed by atoms with Gasteiger partial charge in [-0.2, -0.15) is 0 Å². The van der Waals surface area contributed by atoms with Gasteiger partial charge in [-0.1, -0.05) is 0 Å². The summed E-state index contributed by atoms with van der Waals surface area (Å²) in [4.78, 5) is 25.4. The van der Waals surface area contributed by atoms with E-state index in [0.717, 1.165) is 0 Å². The maximum absolute atomic E-state index is 12.0. The van der Waals surface area contributed by atoms with E-state index in [1.807, 2.05) is 6.92 Å². The first-order chi connectivity index (χ1) is 11.2. The molecule has 0 aliphatic carbocycles. The first kappa shape index (κ1) is 15.5. The molecule has 0 radical (unpaired) electrons. The second-order valence-electron chi connectivity index (χ2n) is 5.49. The fourth-order valence-corrected chi connectivity index (χ4v) is 2.71. The summed E-state index contributed by atoms with van der Waals surface area (Å²) in [5.74, 6) is 1.73. The Hall–Kier alpha value is -2.44. The number of hydrogen-bond acceptors (Lipinski definition) is 5. The van der Waals surface area contributed by atoms with Crippen LogP contribution in [0.15, 0.2) is 18.2 Å². The number of rotatable bonds is 6. The van der Waals surface area contributed by atoms with Gasteiger partial charge in [0, 0.05) is 25.6 Å². The average molecular weight is 320 g/mol. The van der Waals surface area contributed by atoms with Crippen molar-refractivity contribution in [1.82, 2.24) is 10.2 Å². The number of nitrogens with zero attached hydrogens (tertiary/aromatic N) is 1. The largest absolute Gasteiger partial charge is 0.492 e. The maximum atomic E-state index is 12.0. The fourth-order valence-electron chi connectivity index (χ4n) is 2.71. The van der Waals surface area contributed by atoms with Crippen molar-refractivity contribution in [3.05, 3.63) is 18.2 Å². The van der Waals surface area contributed by atoms with Crippen molar-refractivity contribution in [1.29, 1.82) is 0 Å². The van der Waals surface area contributed by atoms with Gasteiger partial charge in [0.1, 0.15) is 12.4 Å². The molecule has 1 aromatic rings. The van der Waals surface area contributed by atoms with E-state index in [4.69, 9.17) is 14.2 Å². The number of amides is 2. The quantitative estimate of drug-likeness (QED) is 0.784. The molecule has 0 spiro atoms. The van der Waals surface area contributed by atoms with Crippen molar-refractivity contribution in [3.63, 3.8) is 0 Å². The minimum Gasteiger partial charge on any atom is -0.492 e. The van der Waals surface area contributed by atoms with Gasteiger partial charge in [0.15, 0.2) is 11.5 Å². The lowest BCUT2D eigenvalue weighted by molar-refractivity contribution is -0.128. The standard InChI is InChI=1S/C16H20N2O5/c1-2-18-9-11(7-15(18)19)16(20)17-5-6-21-12-3-4-13-14(8-12)23-10-22-13/h3-4,8,11H,2,5-7,9-10H2,1H3,(H,17,20)/t11-/m0/s1. The van der Waals surface area contributed by atoms with Crippen molar-refractivity contribution in [2.75, 3.05) is 33.0 Å². The Morgan fingerprint density at radius 3 is 3.00 bits per heavy atom. The highest BCUT2D eigenvalue weighted by molar-refractivity contribution is 5.89. The highest BCUT2D eigenvalue weighted by Crippen LogP contribution is 2.34. The van der Waals surface area contributed by atoms with Gasteiger partial charge in [-0.25, -0.2) is 0 Å². The summed E-state index contributed by atoms with van der Waals surface area (Å²) in [7, 11) is 0. The van der Waals surface area contributed by atoms with Crippen molar-refractivity contribution >= 4 is 11.8 Å². The van der Waals surface area contributed by atoms with E-state index < -0.39 is 0 Å². The van der Waals surface area contributed by atoms with E-state index in [2.05, 4.69) is 5.32 Å². The molecule has 2 aliphatic heterocycles. The number of carbonyl (C=O) groups is 2. The van der Waals surface area contributed by atoms with Crippen LogP contribution in [-0.2, 0) is 9.59 Å². The highest BCUT2D eigenvalue weighted by atomic mass is 16.7. The lowest BCUT2D eigenvalue weighted by Crippen LogP contribution is -2.35. The summed E-state index contributed by atoms with van der Waals surface area (Å²) in [5.41, 5.74) is 0. The Morgan fingerprint density at radius 1 is 1.39 bits per heavy atom. The molecule has 0 bridgehead atoms. The predicted molar refractivity (Wildman–Crippen MR) is 81.4 cm³/mol. The molecule has 1 fully saturated rings. The van der Waals surface area contributed by atoms with E-state index in [1.54, 1.807) is 23.1 Å². The van der Waals surface area contributed by atoms with Gasteiger partial charge in [0.25, 0.3) is 0 Å². The van der Waals surface area contributed by atoms with Crippen LogP contribution in [0.25, 0.3) is 0 Å². The Balaban J connectivity index is 1.40. The average Bonchev–Trinajstić information content (AvgIpc) is 3.16. The number of benzene rings is 1. The smallest absolute Gasteiger partial charge is 0.231 e. The van der Waals surface area contributed by atoms with Crippen molar-refractivity contribution in [2.45, 2.75) is 13.3 Å². The lowest BCUT2D eigenvalue weighted by atomic mass is 10.1. The molecule has 0 unspecified atom stereocenters. The van der Waals surface area contributed by atoms with Crippen LogP contribution in [0.2, 0.25) is 0 Å². The third-order valence-electron chi connectivity index (χ3n) is 3.98. The van der Waals surface area contributed by atoms with Crippen molar-refractivity contribution in [3.8, 4) is 17.2 Å². The van der Waals surface area contributed by atoms with Crippen LogP contribution in [0.1, 0.15) is 13.3 Å². The number of fused-ring (bicyclic) bond motifs is 1. The Kier molecular flexibility index (Phi) is 4.55. The monoisotopic (exact) mass is 320 g/mol. The molecule has 1 N–H and O–H groups in total. The zero-order valence-electron chi connectivity index (χ0n) is 13.0. The summed E-state index contributed by atoms with van der Waals surface area (Å²) < 4.78 is 16.1. The number of likely N-dealkylation sites (tertiary alicyclic amines) is 1. The number of ether oxygens (including phenoxy) is 3. The first-order valence-electron chi connectivity index (χ1n) is 7.75. The molecule has 124 valence electrons. The molecule has 1 atom stereocenters. The summed E-state index contributed by atoms with van der Waals surface area (Å²) in [6.07, 6.45) is 0.294. The van der Waals surface area contributed by atoms with Crippen LogP contribution in [0, 0.1) is 5.92 Å². The molecule has 0 aromatic heterocycles. The maximum Gasteiger partial charge on any atom is 0.231 e. The molecule has 7 heteroatoms. The van der Waals surface area contributed by atoms with Crippen molar-refractivity contribution < 1.29 is 23.8 Å². The molecule has 0 saturated carbocycles. The molecule has 3 rings (SSSR count). The van der Waals surface area contributed by atoms with Gasteiger partial charge < -0.3 is 24.4 Å². The summed E-state index contributed by atoms with van der Waals surface area (Å²) >= 11 is 0. The third kappa shape index (κ3) is 3.49. The Labute approximate surface area is 134 Å². The molecule has 23 heavy (non-hydrogen) atoms. The number of carbonyl (C=O) groups excluding carboxylic acids is 2. The molecule has 1 saturated heterocycles. The van der Waals surface area contributed by atoms with Gasteiger partial charge in [-0.3, -0.25) is 9.59 Å². The SMILES string of the molecule is CCN1C[C@@H](C(=O)NCCOc2ccc3c(c2)OCO3)CC1=O. The summed E-state index contributed by atoms with van der Waals surface area (Å²) in [6, 6.07) is 5.35. The fraction of sp³-hybridized carbons (Fsp3) is 0.500. The van der Waals surface area contributed by atoms with E-state index in [1.165, 1.54) is 0 Å². The summed E-state index contributed by atoms with van der Waals surface area (Å²) in [5, 5.41) is 2.81. The number of hydrogen-bond donors (Lipinski definition) is 1. The molecular formula is C16H20N2O5. The zero-order chi connectivity index (χ0) is 16.2. The lowest BCUT2D eigenvalue weighted by Gasteiger charge is -2.14. The van der Waals surface area contributed by atoms with Crippen molar-refractivity contribution in [2.24, 2.45) is 5.92 Å². The van der Waals surface area contributed by atoms with E-state index in [0.29, 0.717) is 49.9 Å². The summed E-state index contributed by atoms with van der Waals surface area (Å²) in [6.45, 7) is 4.04. The minimum absolute atomic E-state index is 0.0456. The van der Waals surface area contributed by atoms with E-state index >= 15 is 0 Å². The van der Waals surface area contributed by atoms with Crippen LogP contribution in [0.4, 0.5) is 0 Å². The molecular weight excluding hydrogens is 300 g/mol. The molecule has 2 heterocycles. The first-order valence-corrected chi connectivity index (χ1v) is 7.75. The van der Waals surface area contributed by atoms with E-state index in [9.17, 15) is 9.59 Å². The second-order valence-corrected chi connectivity index (χ2v) is 5.49. The Morgan fingerprint density at radius 2 is 2.22 bits per heavy atom. The normalized spacial score (nSPS) is 19.1. The Bertz CT molecular complexity index is 604. The number of nitrogens with one attached hydrogen (secondary N) is 1. The highest BCUT2D eigenvalue weighted by Gasteiger charge is 2.33. The van der Waals surface area contributed by atoms with Gasteiger partial charge >= 0.3 is 0 Å². The molecule has 1 aromatic carbocycles. The molecule has 2 aliphatic rings. The predicted octanol–water partition coefficient (Wildman–Crippen LogP) is 0.779. The van der Waals surface area contributed by atoms with Crippen LogP contribution in [0.3, 0.4) is 0 Å². The molecule has 2 amide bonds. The third-order valence-corrected chi connectivity index (χ3v) is 3.98. The topological polar surface area (TPSA) is 77.1 Å². The molecule has 7 nitrogen and oxygen atoms in total. The van der Waals surface area contributed by atoms with Crippen LogP contribution >= 0.6 is 0 Å². The van der Waals surface area contributed by atoms with Crippen LogP contribution in [0.5, 0.6) is 17.2 Å². The van der Waals surface area contributed by atoms with E-state index in [-0.39, 0.29) is 24.5 Å². The minimum atomic E-state index is -0.256. The van der Waals surface area contributed by atoms with Gasteiger partial charge in [0.2, 0.25) is 18.6 Å². The van der Waals surface area contributed by atoms with Gasteiger partial charge in [0.05, 0.1) is 12.5 Å². The van der Waals surface area contributed by atoms with Gasteiger partial charge in [-0.15, -0.1) is 0 Å². The van der Waals surface area contributed by atoms with Gasteiger partial charge in [-0.05, 0) is 19.1 Å². The van der Waals surface area contributed by atoms with Crippen LogP contribution < -0.4 is 19.5 Å². The second kappa shape index (κ2) is 6.76. The zero-order valence-corrected chi connectivity index (χ0v) is 13.0.